The summed E-state index contributed by atoms with van der Waals surface area (Å²) in [4.78, 5) is 13.1. The van der Waals surface area contributed by atoms with Crippen LogP contribution in [0.1, 0.15) is 22.2 Å². The lowest BCUT2D eigenvalue weighted by atomic mass is 10.1. The Balaban J connectivity index is 1.96. The first-order valence-electron chi connectivity index (χ1n) is 6.87. The number of amides is 1. The van der Waals surface area contributed by atoms with Crippen molar-refractivity contribution in [3.63, 3.8) is 0 Å². The van der Waals surface area contributed by atoms with Crippen molar-refractivity contribution in [3.05, 3.63) is 59.0 Å². The van der Waals surface area contributed by atoms with Gasteiger partial charge in [-0.3, -0.25) is 4.79 Å². The zero-order valence-electron chi connectivity index (χ0n) is 11.7. The van der Waals surface area contributed by atoms with Gasteiger partial charge in [0, 0.05) is 15.8 Å². The molecule has 1 aromatic heterocycles. The Kier molecular flexibility index (Phi) is 3.62. The number of hydrogen-bond acceptors (Lipinski definition) is 3. The first-order valence-corrected chi connectivity index (χ1v) is 7.68. The van der Waals surface area contributed by atoms with Gasteiger partial charge in [-0.15, -0.1) is 11.3 Å². The molecule has 3 N–H and O–H groups in total. The van der Waals surface area contributed by atoms with E-state index in [4.69, 9.17) is 5.73 Å². The largest absolute Gasteiger partial charge is 0.397 e. The van der Waals surface area contributed by atoms with E-state index >= 15 is 0 Å². The molecule has 0 spiro atoms. The molecule has 3 nitrogen and oxygen atoms in total. The van der Waals surface area contributed by atoms with Gasteiger partial charge in [0.05, 0.1) is 5.69 Å². The van der Waals surface area contributed by atoms with Crippen LogP contribution < -0.4 is 11.1 Å². The van der Waals surface area contributed by atoms with Crippen LogP contribution in [0.4, 0.5) is 11.4 Å². The van der Waals surface area contributed by atoms with Crippen LogP contribution in [0.3, 0.4) is 0 Å². The minimum Gasteiger partial charge on any atom is -0.397 e. The molecule has 0 saturated heterocycles. The summed E-state index contributed by atoms with van der Waals surface area (Å²) in [6.07, 6.45) is 0.873. The second-order valence-corrected chi connectivity index (χ2v) is 5.86. The summed E-state index contributed by atoms with van der Waals surface area (Å²) in [5.74, 6) is -0.144. The van der Waals surface area contributed by atoms with Crippen molar-refractivity contribution < 1.29 is 4.79 Å². The molecule has 1 amide bonds. The Morgan fingerprint density at radius 3 is 2.62 bits per heavy atom. The predicted octanol–water partition coefficient (Wildman–Crippen LogP) is 4.30. The molecule has 106 valence electrons. The minimum atomic E-state index is -0.144. The third kappa shape index (κ3) is 2.50. The molecule has 0 aliphatic carbocycles. The standard InChI is InChI=1S/C17H16N2OS/c1-2-11-7-3-5-9-13(11)19-17(20)16-15(18)12-8-4-6-10-14(12)21-16/h3-10H,2,18H2,1H3,(H,19,20). The number of anilines is 2. The Morgan fingerprint density at radius 2 is 1.86 bits per heavy atom. The zero-order valence-corrected chi connectivity index (χ0v) is 12.5. The highest BCUT2D eigenvalue weighted by Crippen LogP contribution is 2.34. The number of thiophene rings is 1. The molecule has 4 heteroatoms. The van der Waals surface area contributed by atoms with E-state index < -0.39 is 0 Å². The third-order valence-corrected chi connectivity index (χ3v) is 4.67. The summed E-state index contributed by atoms with van der Waals surface area (Å²) in [5, 5.41) is 3.91. The van der Waals surface area contributed by atoms with Crippen LogP contribution in [0.5, 0.6) is 0 Å². The van der Waals surface area contributed by atoms with Crippen LogP contribution in [0.25, 0.3) is 10.1 Å². The molecule has 0 aliphatic heterocycles. The summed E-state index contributed by atoms with van der Waals surface area (Å²) in [7, 11) is 0. The summed E-state index contributed by atoms with van der Waals surface area (Å²) in [5.41, 5.74) is 8.64. The molecule has 3 aromatic rings. The smallest absolute Gasteiger partial charge is 0.267 e. The Morgan fingerprint density at radius 1 is 1.14 bits per heavy atom. The number of para-hydroxylation sites is 1. The highest BCUT2D eigenvalue weighted by Gasteiger charge is 2.16. The van der Waals surface area contributed by atoms with Crippen LogP contribution in [0.2, 0.25) is 0 Å². The summed E-state index contributed by atoms with van der Waals surface area (Å²) in [6.45, 7) is 2.07. The molecule has 0 radical (unpaired) electrons. The maximum atomic E-state index is 12.5. The number of nitrogens with one attached hydrogen (secondary N) is 1. The quantitative estimate of drug-likeness (QED) is 0.757. The van der Waals surface area contributed by atoms with Crippen LogP contribution in [-0.2, 0) is 6.42 Å². The van der Waals surface area contributed by atoms with Crippen molar-refractivity contribution in [2.75, 3.05) is 11.1 Å². The average Bonchev–Trinajstić information content (AvgIpc) is 2.85. The SMILES string of the molecule is CCc1ccccc1NC(=O)c1sc2ccccc2c1N. The molecular formula is C17H16N2OS. The monoisotopic (exact) mass is 296 g/mol. The summed E-state index contributed by atoms with van der Waals surface area (Å²) < 4.78 is 1.03. The molecule has 21 heavy (non-hydrogen) atoms. The maximum Gasteiger partial charge on any atom is 0.267 e. The molecule has 1 heterocycles. The zero-order chi connectivity index (χ0) is 14.8. The molecule has 0 unspecified atom stereocenters. The van der Waals surface area contributed by atoms with Gasteiger partial charge in [-0.05, 0) is 24.1 Å². The highest BCUT2D eigenvalue weighted by atomic mass is 32.1. The van der Waals surface area contributed by atoms with E-state index in [1.165, 1.54) is 11.3 Å². The lowest BCUT2D eigenvalue weighted by molar-refractivity contribution is 0.103. The summed E-state index contributed by atoms with van der Waals surface area (Å²) in [6, 6.07) is 15.6. The second-order valence-electron chi connectivity index (χ2n) is 4.81. The summed E-state index contributed by atoms with van der Waals surface area (Å²) >= 11 is 1.43. The van der Waals surface area contributed by atoms with Crippen molar-refractivity contribution in [2.45, 2.75) is 13.3 Å². The number of rotatable bonds is 3. The van der Waals surface area contributed by atoms with Crippen molar-refractivity contribution in [3.8, 4) is 0 Å². The van der Waals surface area contributed by atoms with Crippen LogP contribution >= 0.6 is 11.3 Å². The second kappa shape index (κ2) is 5.58. The number of carbonyl (C=O) groups is 1. The lowest BCUT2D eigenvalue weighted by Crippen LogP contribution is -2.13. The van der Waals surface area contributed by atoms with Gasteiger partial charge < -0.3 is 11.1 Å². The van der Waals surface area contributed by atoms with E-state index in [-0.39, 0.29) is 5.91 Å². The van der Waals surface area contributed by atoms with Gasteiger partial charge in [-0.2, -0.15) is 0 Å². The van der Waals surface area contributed by atoms with Gasteiger partial charge >= 0.3 is 0 Å². The average molecular weight is 296 g/mol. The fourth-order valence-electron chi connectivity index (χ4n) is 2.36. The Hall–Kier alpha value is -2.33. The van der Waals surface area contributed by atoms with E-state index in [0.29, 0.717) is 10.6 Å². The fraction of sp³-hybridized carbons (Fsp3) is 0.118. The normalized spacial score (nSPS) is 10.7. The number of hydrogen-bond donors (Lipinski definition) is 2. The van der Waals surface area contributed by atoms with Gasteiger partial charge in [0.25, 0.3) is 5.91 Å². The maximum absolute atomic E-state index is 12.5. The molecule has 0 atom stereocenters. The Bertz CT molecular complexity index is 807. The van der Waals surface area contributed by atoms with Gasteiger partial charge in [0.2, 0.25) is 0 Å². The number of nitrogen functional groups attached to an aromatic ring is 1. The molecular weight excluding hydrogens is 280 g/mol. The Labute approximate surface area is 127 Å². The van der Waals surface area contributed by atoms with Crippen molar-refractivity contribution in [2.24, 2.45) is 0 Å². The molecule has 0 bridgehead atoms. The number of benzene rings is 2. The first kappa shape index (κ1) is 13.6. The van der Waals surface area contributed by atoms with E-state index in [0.717, 1.165) is 27.8 Å². The first-order chi connectivity index (χ1) is 10.2. The molecule has 2 aromatic carbocycles. The number of nitrogens with two attached hydrogens (primary N) is 1. The van der Waals surface area contributed by atoms with Gasteiger partial charge in [-0.25, -0.2) is 0 Å². The number of aryl methyl sites for hydroxylation is 1. The topological polar surface area (TPSA) is 55.1 Å². The van der Waals surface area contributed by atoms with Gasteiger partial charge in [0.15, 0.2) is 0 Å². The van der Waals surface area contributed by atoms with Crippen molar-refractivity contribution in [1.29, 1.82) is 0 Å². The minimum absolute atomic E-state index is 0.144. The van der Waals surface area contributed by atoms with E-state index in [1.807, 2.05) is 48.5 Å². The number of fused-ring (bicyclic) bond motifs is 1. The fourth-order valence-corrected chi connectivity index (χ4v) is 3.38. The third-order valence-electron chi connectivity index (χ3n) is 3.49. The molecule has 3 rings (SSSR count). The van der Waals surface area contributed by atoms with Gasteiger partial charge in [0.1, 0.15) is 4.88 Å². The van der Waals surface area contributed by atoms with E-state index in [1.54, 1.807) is 0 Å². The van der Waals surface area contributed by atoms with Crippen LogP contribution in [0.15, 0.2) is 48.5 Å². The van der Waals surface area contributed by atoms with Crippen molar-refractivity contribution >= 4 is 38.7 Å². The number of carbonyl (C=O) groups excluding carboxylic acids is 1. The van der Waals surface area contributed by atoms with E-state index in [2.05, 4.69) is 12.2 Å². The highest BCUT2D eigenvalue weighted by molar-refractivity contribution is 7.21. The van der Waals surface area contributed by atoms with Crippen molar-refractivity contribution in [1.82, 2.24) is 0 Å². The van der Waals surface area contributed by atoms with Gasteiger partial charge in [-0.1, -0.05) is 43.3 Å². The predicted molar refractivity (Wildman–Crippen MR) is 90.0 cm³/mol. The van der Waals surface area contributed by atoms with E-state index in [9.17, 15) is 4.79 Å². The molecule has 0 fully saturated rings. The van der Waals surface area contributed by atoms with Crippen LogP contribution in [-0.4, -0.2) is 5.91 Å². The lowest BCUT2D eigenvalue weighted by Gasteiger charge is -2.09. The van der Waals surface area contributed by atoms with Crippen LogP contribution in [0, 0.1) is 0 Å². The molecule has 0 saturated carbocycles. The molecule has 0 aliphatic rings.